The summed E-state index contributed by atoms with van der Waals surface area (Å²) in [5, 5.41) is 12.9. The number of carbonyl (C=O) groups excluding carboxylic acids is 1. The number of nitrogens with zero attached hydrogens (tertiary/aromatic N) is 1. The minimum absolute atomic E-state index is 0.0453. The summed E-state index contributed by atoms with van der Waals surface area (Å²) in [7, 11) is 1.50. The monoisotopic (exact) mass is 408 g/mol. The number of carboxylic acids is 1. The fraction of sp³-hybridized carbons (Fsp3) is 0.136. The van der Waals surface area contributed by atoms with Gasteiger partial charge in [-0.2, -0.15) is 5.10 Å². The molecule has 8 nitrogen and oxygen atoms in total. The van der Waals surface area contributed by atoms with Gasteiger partial charge in [0.2, 0.25) is 5.76 Å². The molecule has 0 radical (unpaired) electrons. The van der Waals surface area contributed by atoms with Gasteiger partial charge in [0.05, 0.1) is 13.3 Å². The zero-order valence-corrected chi connectivity index (χ0v) is 16.4. The Hall–Kier alpha value is -4.07. The highest BCUT2D eigenvalue weighted by Gasteiger charge is 2.11. The first-order valence-electron chi connectivity index (χ1n) is 8.99. The molecule has 1 heterocycles. The van der Waals surface area contributed by atoms with Crippen LogP contribution in [0.15, 0.2) is 64.1 Å². The Morgan fingerprint density at radius 1 is 1.10 bits per heavy atom. The fourth-order valence-electron chi connectivity index (χ4n) is 2.54. The Bertz CT molecular complexity index is 1070. The smallest absolute Gasteiger partial charge is 0.371 e. The van der Waals surface area contributed by atoms with Gasteiger partial charge < -0.3 is 19.0 Å². The first-order chi connectivity index (χ1) is 14.5. The van der Waals surface area contributed by atoms with Crippen molar-refractivity contribution in [3.63, 3.8) is 0 Å². The maximum absolute atomic E-state index is 12.1. The SMILES string of the molecule is COc1cc(/C=N\NC(=O)c2ccc(C)cc2)ccc1OCc1ccc(C(=O)O)o1. The molecule has 0 aliphatic rings. The fourth-order valence-corrected chi connectivity index (χ4v) is 2.54. The van der Waals surface area contributed by atoms with Gasteiger partial charge in [-0.15, -0.1) is 0 Å². The van der Waals surface area contributed by atoms with E-state index in [1.807, 2.05) is 19.1 Å². The van der Waals surface area contributed by atoms with Crippen LogP contribution in [0.3, 0.4) is 0 Å². The van der Waals surface area contributed by atoms with Crippen LogP contribution in [0, 0.1) is 6.92 Å². The molecule has 0 fully saturated rings. The topological polar surface area (TPSA) is 110 Å². The lowest BCUT2D eigenvalue weighted by atomic mass is 10.1. The third kappa shape index (κ3) is 5.26. The normalized spacial score (nSPS) is 10.7. The van der Waals surface area contributed by atoms with Gasteiger partial charge >= 0.3 is 5.97 Å². The van der Waals surface area contributed by atoms with E-state index < -0.39 is 5.97 Å². The van der Waals surface area contributed by atoms with Crippen molar-refractivity contribution >= 4 is 18.1 Å². The largest absolute Gasteiger partial charge is 0.493 e. The van der Waals surface area contributed by atoms with Crippen LogP contribution in [0.5, 0.6) is 11.5 Å². The third-order valence-corrected chi connectivity index (χ3v) is 4.12. The number of hydrazone groups is 1. The predicted octanol–water partition coefficient (Wildman–Crippen LogP) is 3.64. The standard InChI is InChI=1S/C22H20N2O6/c1-14-3-6-16(7-4-14)21(25)24-23-12-15-5-9-18(20(11-15)28-2)29-13-17-8-10-19(30-17)22(26)27/h3-12H,13H2,1-2H3,(H,24,25)(H,26,27)/b23-12-. The zero-order chi connectivity index (χ0) is 21.5. The minimum atomic E-state index is -1.14. The average Bonchev–Trinajstić information content (AvgIpc) is 3.22. The van der Waals surface area contributed by atoms with E-state index in [-0.39, 0.29) is 18.3 Å². The number of hydrogen-bond acceptors (Lipinski definition) is 6. The molecule has 154 valence electrons. The summed E-state index contributed by atoms with van der Waals surface area (Å²) in [5.41, 5.74) is 4.75. The molecule has 0 saturated carbocycles. The zero-order valence-electron chi connectivity index (χ0n) is 16.4. The molecule has 0 aliphatic heterocycles. The van der Waals surface area contributed by atoms with Crippen LogP contribution >= 0.6 is 0 Å². The number of nitrogens with one attached hydrogen (secondary N) is 1. The lowest BCUT2D eigenvalue weighted by Crippen LogP contribution is -2.17. The predicted molar refractivity (Wildman–Crippen MR) is 109 cm³/mol. The maximum atomic E-state index is 12.1. The number of aryl methyl sites for hydroxylation is 1. The first-order valence-corrected chi connectivity index (χ1v) is 8.99. The van der Waals surface area contributed by atoms with Crippen molar-refractivity contribution in [3.05, 3.63) is 82.8 Å². The number of rotatable bonds is 8. The lowest BCUT2D eigenvalue weighted by molar-refractivity contribution is 0.0657. The van der Waals surface area contributed by atoms with Gasteiger partial charge in [0.1, 0.15) is 12.4 Å². The van der Waals surface area contributed by atoms with Gasteiger partial charge in [0, 0.05) is 5.56 Å². The Morgan fingerprint density at radius 2 is 1.87 bits per heavy atom. The number of ether oxygens (including phenoxy) is 2. The van der Waals surface area contributed by atoms with Crippen molar-refractivity contribution in [1.82, 2.24) is 5.43 Å². The summed E-state index contributed by atoms with van der Waals surface area (Å²) in [6.07, 6.45) is 1.49. The Labute approximate surface area is 172 Å². The number of carboxylic acid groups (broad SMARTS) is 1. The molecule has 0 bridgehead atoms. The van der Waals surface area contributed by atoms with E-state index in [1.54, 1.807) is 30.3 Å². The van der Waals surface area contributed by atoms with Crippen LogP contribution in [-0.4, -0.2) is 30.3 Å². The van der Waals surface area contributed by atoms with Crippen molar-refractivity contribution in [2.45, 2.75) is 13.5 Å². The van der Waals surface area contributed by atoms with Crippen LogP contribution in [0.2, 0.25) is 0 Å². The summed E-state index contributed by atoms with van der Waals surface area (Å²) in [6.45, 7) is 1.99. The Morgan fingerprint density at radius 3 is 2.53 bits per heavy atom. The Kier molecular flexibility index (Phi) is 6.49. The average molecular weight is 408 g/mol. The van der Waals surface area contributed by atoms with Gasteiger partial charge in [-0.3, -0.25) is 4.79 Å². The van der Waals surface area contributed by atoms with E-state index in [4.69, 9.17) is 19.0 Å². The number of amides is 1. The number of hydrogen-bond donors (Lipinski definition) is 2. The highest BCUT2D eigenvalue weighted by molar-refractivity contribution is 5.95. The van der Waals surface area contributed by atoms with E-state index in [9.17, 15) is 9.59 Å². The second kappa shape index (κ2) is 9.42. The lowest BCUT2D eigenvalue weighted by Gasteiger charge is -2.10. The number of methoxy groups -OCH3 is 1. The molecule has 30 heavy (non-hydrogen) atoms. The highest BCUT2D eigenvalue weighted by Crippen LogP contribution is 2.28. The molecule has 0 atom stereocenters. The molecule has 0 saturated heterocycles. The summed E-state index contributed by atoms with van der Waals surface area (Å²) >= 11 is 0. The molecular weight excluding hydrogens is 388 g/mol. The molecule has 3 aromatic rings. The molecule has 0 aliphatic carbocycles. The molecular formula is C22H20N2O6. The van der Waals surface area contributed by atoms with Crippen LogP contribution in [0.4, 0.5) is 0 Å². The number of aromatic carboxylic acids is 1. The number of furan rings is 1. The van der Waals surface area contributed by atoms with Gasteiger partial charge in [0.25, 0.3) is 5.91 Å². The second-order valence-electron chi connectivity index (χ2n) is 6.34. The van der Waals surface area contributed by atoms with Gasteiger partial charge in [-0.05, 0) is 55.0 Å². The summed E-state index contributed by atoms with van der Waals surface area (Å²) in [5.74, 6) is -0.326. The molecule has 0 spiro atoms. The molecule has 2 aromatic carbocycles. The molecule has 2 N–H and O–H groups in total. The highest BCUT2D eigenvalue weighted by atomic mass is 16.5. The van der Waals surface area contributed by atoms with Crippen molar-refractivity contribution in [2.24, 2.45) is 5.10 Å². The van der Waals surface area contributed by atoms with Gasteiger partial charge in [0.15, 0.2) is 11.5 Å². The number of benzene rings is 2. The maximum Gasteiger partial charge on any atom is 0.371 e. The van der Waals surface area contributed by atoms with Crippen molar-refractivity contribution in [2.75, 3.05) is 7.11 Å². The van der Waals surface area contributed by atoms with E-state index in [0.717, 1.165) is 5.56 Å². The van der Waals surface area contributed by atoms with Crippen LogP contribution in [0.25, 0.3) is 0 Å². The summed E-state index contributed by atoms with van der Waals surface area (Å²) < 4.78 is 16.1. The quantitative estimate of drug-likeness (QED) is 0.435. The van der Waals surface area contributed by atoms with E-state index >= 15 is 0 Å². The van der Waals surface area contributed by atoms with Crippen LogP contribution in [0.1, 0.15) is 37.8 Å². The second-order valence-corrected chi connectivity index (χ2v) is 6.34. The van der Waals surface area contributed by atoms with Crippen molar-refractivity contribution in [3.8, 4) is 11.5 Å². The molecule has 1 aromatic heterocycles. The Balaban J connectivity index is 1.61. The molecule has 1 amide bonds. The van der Waals surface area contributed by atoms with E-state index in [1.165, 1.54) is 25.5 Å². The van der Waals surface area contributed by atoms with Crippen LogP contribution in [-0.2, 0) is 6.61 Å². The third-order valence-electron chi connectivity index (χ3n) is 4.12. The van der Waals surface area contributed by atoms with Crippen molar-refractivity contribution < 1.29 is 28.6 Å². The molecule has 8 heteroatoms. The summed E-state index contributed by atoms with van der Waals surface area (Å²) in [4.78, 5) is 22.9. The van der Waals surface area contributed by atoms with Gasteiger partial charge in [-0.1, -0.05) is 17.7 Å². The number of carbonyl (C=O) groups is 2. The van der Waals surface area contributed by atoms with Crippen LogP contribution < -0.4 is 14.9 Å². The molecule has 3 rings (SSSR count). The molecule has 0 unspecified atom stereocenters. The first kappa shape index (κ1) is 20.7. The van der Waals surface area contributed by atoms with E-state index in [0.29, 0.717) is 28.4 Å². The summed E-state index contributed by atoms with van der Waals surface area (Å²) in [6, 6.07) is 15.2. The van der Waals surface area contributed by atoms with Crippen molar-refractivity contribution in [1.29, 1.82) is 0 Å². The van der Waals surface area contributed by atoms with Gasteiger partial charge in [-0.25, -0.2) is 10.2 Å². The van der Waals surface area contributed by atoms with E-state index in [2.05, 4.69) is 10.5 Å². The minimum Gasteiger partial charge on any atom is -0.493 e.